The molecule has 2 amide bonds. The van der Waals surface area contributed by atoms with Gasteiger partial charge in [-0.1, -0.05) is 54.4 Å². The molecule has 2 aromatic rings. The minimum atomic E-state index is -0.532. The van der Waals surface area contributed by atoms with Gasteiger partial charge in [-0.3, -0.25) is 9.59 Å². The Morgan fingerprint density at radius 2 is 1.56 bits per heavy atom. The van der Waals surface area contributed by atoms with E-state index in [9.17, 15) is 9.59 Å². The zero-order chi connectivity index (χ0) is 19.6. The molecule has 2 aromatic carbocycles. The van der Waals surface area contributed by atoms with E-state index in [1.165, 1.54) is 0 Å². The van der Waals surface area contributed by atoms with Crippen molar-refractivity contribution >= 4 is 35.0 Å². The predicted octanol–water partition coefficient (Wildman–Crippen LogP) is 4.70. The van der Waals surface area contributed by atoms with Gasteiger partial charge in [-0.2, -0.15) is 0 Å². The number of amides is 2. The van der Waals surface area contributed by atoms with Crippen LogP contribution >= 0.6 is 23.2 Å². The molecule has 1 unspecified atom stereocenters. The minimum absolute atomic E-state index is 0.0193. The van der Waals surface area contributed by atoms with E-state index in [-0.39, 0.29) is 11.8 Å². The van der Waals surface area contributed by atoms with Gasteiger partial charge in [0, 0.05) is 29.9 Å². The molecule has 2 atom stereocenters. The third kappa shape index (κ3) is 4.12. The smallest absolute Gasteiger partial charge is 0.247 e. The molecule has 0 aliphatic carbocycles. The molecule has 0 saturated carbocycles. The lowest BCUT2D eigenvalue weighted by Crippen LogP contribution is -2.40. The molecule has 0 aromatic heterocycles. The summed E-state index contributed by atoms with van der Waals surface area (Å²) in [4.78, 5) is 29.3. The van der Waals surface area contributed by atoms with Crippen LogP contribution in [0.2, 0.25) is 10.0 Å². The standard InChI is InChI=1S/C21H22Cl2N2O2/c1-3-4-19(26)25-18(13-14-5-9-16(22)10-6-14)21(27)24(2)20(25)15-7-11-17(23)12-8-15/h5-12,18,20H,3-4,13H2,1-2H3/t18-,20?/m1/s1. The highest BCUT2D eigenvalue weighted by molar-refractivity contribution is 6.30. The largest absolute Gasteiger partial charge is 0.319 e. The van der Waals surface area contributed by atoms with E-state index in [0.717, 1.165) is 17.5 Å². The Morgan fingerprint density at radius 3 is 2.11 bits per heavy atom. The van der Waals surface area contributed by atoms with Crippen molar-refractivity contribution in [3.05, 3.63) is 69.7 Å². The van der Waals surface area contributed by atoms with Crippen LogP contribution in [0.15, 0.2) is 48.5 Å². The Kier molecular flexibility index (Phi) is 6.08. The quantitative estimate of drug-likeness (QED) is 0.723. The first-order valence-electron chi connectivity index (χ1n) is 9.00. The molecule has 0 radical (unpaired) electrons. The summed E-state index contributed by atoms with van der Waals surface area (Å²) in [7, 11) is 1.75. The second-order valence-corrected chi connectivity index (χ2v) is 7.64. The fourth-order valence-electron chi connectivity index (χ4n) is 3.53. The molecule has 1 aliphatic rings. The van der Waals surface area contributed by atoms with Crippen LogP contribution in [-0.4, -0.2) is 34.7 Å². The van der Waals surface area contributed by atoms with Gasteiger partial charge < -0.3 is 9.80 Å². The lowest BCUT2D eigenvalue weighted by atomic mass is 10.0. The van der Waals surface area contributed by atoms with Crippen molar-refractivity contribution in [1.82, 2.24) is 9.80 Å². The van der Waals surface area contributed by atoms with Gasteiger partial charge in [0.05, 0.1) is 0 Å². The lowest BCUT2D eigenvalue weighted by molar-refractivity contribution is -0.136. The van der Waals surface area contributed by atoms with Crippen LogP contribution in [0.3, 0.4) is 0 Å². The van der Waals surface area contributed by atoms with Crippen LogP contribution in [0.1, 0.15) is 37.1 Å². The molecule has 0 spiro atoms. The molecule has 1 heterocycles. The van der Waals surface area contributed by atoms with Gasteiger partial charge in [0.25, 0.3) is 0 Å². The second-order valence-electron chi connectivity index (χ2n) is 6.77. The third-order valence-corrected chi connectivity index (χ3v) is 5.37. The van der Waals surface area contributed by atoms with Crippen molar-refractivity contribution < 1.29 is 9.59 Å². The normalized spacial score (nSPS) is 19.6. The minimum Gasteiger partial charge on any atom is -0.319 e. The third-order valence-electron chi connectivity index (χ3n) is 4.86. The van der Waals surface area contributed by atoms with Gasteiger partial charge in [-0.25, -0.2) is 0 Å². The summed E-state index contributed by atoms with van der Waals surface area (Å²) >= 11 is 12.0. The summed E-state index contributed by atoms with van der Waals surface area (Å²) in [5, 5.41) is 1.27. The van der Waals surface area contributed by atoms with E-state index in [0.29, 0.717) is 22.9 Å². The van der Waals surface area contributed by atoms with Gasteiger partial charge in [-0.05, 0) is 41.8 Å². The van der Waals surface area contributed by atoms with Crippen LogP contribution in [0.5, 0.6) is 0 Å². The van der Waals surface area contributed by atoms with Gasteiger partial charge in [0.1, 0.15) is 12.2 Å². The number of carbonyl (C=O) groups excluding carboxylic acids is 2. The summed E-state index contributed by atoms with van der Waals surface area (Å²) in [6.45, 7) is 1.96. The van der Waals surface area contributed by atoms with E-state index >= 15 is 0 Å². The maximum Gasteiger partial charge on any atom is 0.247 e. The summed E-state index contributed by atoms with van der Waals surface area (Å²) in [6, 6.07) is 14.2. The molecular formula is C21H22Cl2N2O2. The van der Waals surface area contributed by atoms with E-state index < -0.39 is 12.2 Å². The van der Waals surface area contributed by atoms with Gasteiger partial charge >= 0.3 is 0 Å². The number of benzene rings is 2. The molecule has 0 bridgehead atoms. The Labute approximate surface area is 169 Å². The van der Waals surface area contributed by atoms with E-state index in [2.05, 4.69) is 0 Å². The summed E-state index contributed by atoms with van der Waals surface area (Å²) in [5.41, 5.74) is 1.84. The van der Waals surface area contributed by atoms with Crippen molar-refractivity contribution in [2.75, 3.05) is 7.05 Å². The first-order chi connectivity index (χ1) is 12.9. The highest BCUT2D eigenvalue weighted by Crippen LogP contribution is 2.36. The topological polar surface area (TPSA) is 40.6 Å². The molecule has 0 N–H and O–H groups in total. The van der Waals surface area contributed by atoms with E-state index in [1.807, 2.05) is 31.2 Å². The zero-order valence-corrected chi connectivity index (χ0v) is 16.9. The monoisotopic (exact) mass is 404 g/mol. The molecule has 27 heavy (non-hydrogen) atoms. The molecule has 1 aliphatic heterocycles. The fourth-order valence-corrected chi connectivity index (χ4v) is 3.79. The Bertz CT molecular complexity index is 821. The van der Waals surface area contributed by atoms with Crippen molar-refractivity contribution in [1.29, 1.82) is 0 Å². The van der Waals surface area contributed by atoms with Gasteiger partial charge in [-0.15, -0.1) is 0 Å². The lowest BCUT2D eigenvalue weighted by Gasteiger charge is -2.30. The first kappa shape index (κ1) is 19.7. The number of nitrogens with zero attached hydrogens (tertiary/aromatic N) is 2. The number of carbonyl (C=O) groups is 2. The Balaban J connectivity index is 1.97. The van der Waals surface area contributed by atoms with Crippen molar-refractivity contribution in [2.45, 2.75) is 38.4 Å². The van der Waals surface area contributed by atoms with Crippen LogP contribution < -0.4 is 0 Å². The molecular weight excluding hydrogens is 383 g/mol. The Morgan fingerprint density at radius 1 is 1.00 bits per heavy atom. The number of hydrogen-bond acceptors (Lipinski definition) is 2. The van der Waals surface area contributed by atoms with Crippen LogP contribution in [-0.2, 0) is 16.0 Å². The van der Waals surface area contributed by atoms with Gasteiger partial charge in [0.15, 0.2) is 0 Å². The van der Waals surface area contributed by atoms with Crippen molar-refractivity contribution in [2.24, 2.45) is 0 Å². The van der Waals surface area contributed by atoms with Crippen molar-refractivity contribution in [3.8, 4) is 0 Å². The predicted molar refractivity (Wildman–Crippen MR) is 108 cm³/mol. The van der Waals surface area contributed by atoms with Crippen molar-refractivity contribution in [3.63, 3.8) is 0 Å². The summed E-state index contributed by atoms with van der Waals surface area (Å²) in [6.07, 6.45) is 1.17. The second kappa shape index (κ2) is 8.32. The highest BCUT2D eigenvalue weighted by Gasteiger charge is 2.46. The Hall–Kier alpha value is -2.04. The number of halogens is 2. The molecule has 1 saturated heterocycles. The molecule has 6 heteroatoms. The SMILES string of the molecule is CCCC(=O)N1C(c2ccc(Cl)cc2)N(C)C(=O)[C@H]1Cc1ccc(Cl)cc1. The summed E-state index contributed by atoms with van der Waals surface area (Å²) < 4.78 is 0. The molecule has 4 nitrogen and oxygen atoms in total. The fraction of sp³-hybridized carbons (Fsp3) is 0.333. The molecule has 1 fully saturated rings. The van der Waals surface area contributed by atoms with Crippen LogP contribution in [0, 0.1) is 0 Å². The molecule has 3 rings (SSSR count). The summed E-state index contributed by atoms with van der Waals surface area (Å²) in [5.74, 6) is -0.0801. The van der Waals surface area contributed by atoms with Crippen LogP contribution in [0.25, 0.3) is 0 Å². The average molecular weight is 405 g/mol. The number of likely N-dealkylation sites (N-methyl/N-ethyl adjacent to an activating group) is 1. The maximum atomic E-state index is 13.0. The maximum absolute atomic E-state index is 13.0. The number of hydrogen-bond donors (Lipinski definition) is 0. The zero-order valence-electron chi connectivity index (χ0n) is 15.4. The first-order valence-corrected chi connectivity index (χ1v) is 9.75. The van der Waals surface area contributed by atoms with Crippen LogP contribution in [0.4, 0.5) is 0 Å². The number of rotatable bonds is 5. The highest BCUT2D eigenvalue weighted by atomic mass is 35.5. The molecule has 142 valence electrons. The van der Waals surface area contributed by atoms with E-state index in [1.54, 1.807) is 41.1 Å². The van der Waals surface area contributed by atoms with E-state index in [4.69, 9.17) is 23.2 Å². The van der Waals surface area contributed by atoms with Gasteiger partial charge in [0.2, 0.25) is 11.8 Å². The average Bonchev–Trinajstić information content (AvgIpc) is 2.89.